The van der Waals surface area contributed by atoms with Crippen molar-refractivity contribution in [3.63, 3.8) is 0 Å². The predicted molar refractivity (Wildman–Crippen MR) is 142 cm³/mol. The summed E-state index contributed by atoms with van der Waals surface area (Å²) >= 11 is 5.94. The Hall–Kier alpha value is -4.30. The number of carbonyl (C=O) groups excluding carboxylic acids is 1. The molecule has 3 heterocycles. The summed E-state index contributed by atoms with van der Waals surface area (Å²) in [6.07, 6.45) is 2.23. The molecule has 0 fully saturated rings. The van der Waals surface area contributed by atoms with Crippen LogP contribution in [0.3, 0.4) is 0 Å². The molecule has 0 bridgehead atoms. The lowest BCUT2D eigenvalue weighted by molar-refractivity contribution is -0.121. The number of carbonyl (C=O) groups is 1. The minimum atomic E-state index is -0.290. The zero-order valence-electron chi connectivity index (χ0n) is 20.4. The molecule has 0 saturated carbocycles. The Morgan fingerprint density at radius 2 is 1.86 bits per heavy atom. The third kappa shape index (κ3) is 5.44. The highest BCUT2D eigenvalue weighted by Gasteiger charge is 2.19. The molecule has 0 spiro atoms. The van der Waals surface area contributed by atoms with E-state index in [0.717, 1.165) is 22.4 Å². The number of fused-ring (bicyclic) bond motifs is 1. The summed E-state index contributed by atoms with van der Waals surface area (Å²) < 4.78 is 7.12. The van der Waals surface area contributed by atoms with Gasteiger partial charge in [0, 0.05) is 29.0 Å². The molecule has 1 N–H and O–H groups in total. The van der Waals surface area contributed by atoms with Crippen LogP contribution in [0.1, 0.15) is 16.8 Å². The molecular formula is C28H24ClN5O3. The number of hydrogen-bond acceptors (Lipinski definition) is 6. The SMILES string of the molecule is Cc1cccc(-c2noc(-c3cn(CC(=O)NCCc4ccc(Cl)cc4)c4nc(C)ccc4c3=O)n2)c1. The quantitative estimate of drug-likeness (QED) is 0.337. The van der Waals surface area contributed by atoms with Crippen molar-refractivity contribution in [3.8, 4) is 22.8 Å². The molecule has 0 unspecified atom stereocenters. The van der Waals surface area contributed by atoms with E-state index in [0.29, 0.717) is 34.8 Å². The van der Waals surface area contributed by atoms with Gasteiger partial charge in [0.15, 0.2) is 0 Å². The van der Waals surface area contributed by atoms with Gasteiger partial charge in [-0.2, -0.15) is 4.98 Å². The lowest BCUT2D eigenvalue weighted by atomic mass is 10.1. The summed E-state index contributed by atoms with van der Waals surface area (Å²) in [5.41, 5.74) is 3.98. The van der Waals surface area contributed by atoms with Crippen LogP contribution in [0.25, 0.3) is 33.9 Å². The van der Waals surface area contributed by atoms with Crippen molar-refractivity contribution in [1.29, 1.82) is 0 Å². The molecule has 3 aromatic heterocycles. The number of hydrogen-bond donors (Lipinski definition) is 1. The zero-order chi connectivity index (χ0) is 25.9. The third-order valence-electron chi connectivity index (χ3n) is 5.96. The largest absolute Gasteiger partial charge is 0.354 e. The van der Waals surface area contributed by atoms with Crippen LogP contribution >= 0.6 is 11.6 Å². The fourth-order valence-electron chi connectivity index (χ4n) is 4.07. The number of aromatic nitrogens is 4. The average molecular weight is 514 g/mol. The van der Waals surface area contributed by atoms with E-state index in [-0.39, 0.29) is 29.3 Å². The van der Waals surface area contributed by atoms with Gasteiger partial charge in [0.2, 0.25) is 17.2 Å². The van der Waals surface area contributed by atoms with Gasteiger partial charge in [-0.3, -0.25) is 9.59 Å². The third-order valence-corrected chi connectivity index (χ3v) is 6.21. The molecule has 9 heteroatoms. The van der Waals surface area contributed by atoms with E-state index < -0.39 is 0 Å². The molecule has 0 atom stereocenters. The standard InChI is InChI=1S/C28H24ClN5O3/c1-17-4-3-5-20(14-17)26-32-28(37-33-26)23-15-34(27-22(25(23)36)11-6-18(2)31-27)16-24(35)30-13-12-19-7-9-21(29)10-8-19/h3-11,14-15H,12-13,16H2,1-2H3,(H,30,35). The van der Waals surface area contributed by atoms with Crippen molar-refractivity contribution in [1.82, 2.24) is 25.0 Å². The maximum atomic E-state index is 13.3. The number of rotatable bonds is 7. The summed E-state index contributed by atoms with van der Waals surface area (Å²) in [4.78, 5) is 35.2. The van der Waals surface area contributed by atoms with Crippen LogP contribution in [0.5, 0.6) is 0 Å². The molecule has 186 valence electrons. The molecule has 0 saturated heterocycles. The van der Waals surface area contributed by atoms with Gasteiger partial charge in [-0.1, -0.05) is 52.7 Å². The van der Waals surface area contributed by atoms with Gasteiger partial charge < -0.3 is 14.4 Å². The molecule has 0 aliphatic heterocycles. The molecule has 2 aromatic carbocycles. The molecular weight excluding hydrogens is 490 g/mol. The second-order valence-electron chi connectivity index (χ2n) is 8.84. The fourth-order valence-corrected chi connectivity index (χ4v) is 4.20. The van der Waals surface area contributed by atoms with Crippen LogP contribution in [-0.2, 0) is 17.8 Å². The monoisotopic (exact) mass is 513 g/mol. The van der Waals surface area contributed by atoms with Gasteiger partial charge in [0.05, 0.1) is 5.39 Å². The molecule has 37 heavy (non-hydrogen) atoms. The van der Waals surface area contributed by atoms with Crippen molar-refractivity contribution in [3.05, 3.63) is 98.9 Å². The number of nitrogens with one attached hydrogen (secondary N) is 1. The Kier molecular flexibility index (Phi) is 6.83. The van der Waals surface area contributed by atoms with Crippen molar-refractivity contribution >= 4 is 28.5 Å². The van der Waals surface area contributed by atoms with Crippen molar-refractivity contribution in [2.45, 2.75) is 26.8 Å². The zero-order valence-corrected chi connectivity index (χ0v) is 21.1. The Bertz CT molecular complexity index is 1660. The summed E-state index contributed by atoms with van der Waals surface area (Å²) in [6.45, 7) is 4.24. The van der Waals surface area contributed by atoms with E-state index in [1.54, 1.807) is 22.9 Å². The highest BCUT2D eigenvalue weighted by molar-refractivity contribution is 6.30. The lowest BCUT2D eigenvalue weighted by Gasteiger charge is -2.12. The first-order valence-corrected chi connectivity index (χ1v) is 12.2. The van der Waals surface area contributed by atoms with Crippen molar-refractivity contribution < 1.29 is 9.32 Å². The number of benzene rings is 2. The summed E-state index contributed by atoms with van der Waals surface area (Å²) in [6, 6.07) is 18.7. The number of aryl methyl sites for hydroxylation is 2. The van der Waals surface area contributed by atoms with Crippen LogP contribution in [0.15, 0.2) is 76.2 Å². The second-order valence-corrected chi connectivity index (χ2v) is 9.28. The molecule has 0 aliphatic rings. The molecule has 0 radical (unpaired) electrons. The lowest BCUT2D eigenvalue weighted by Crippen LogP contribution is -2.30. The molecule has 0 aliphatic carbocycles. The predicted octanol–water partition coefficient (Wildman–Crippen LogP) is 4.74. The summed E-state index contributed by atoms with van der Waals surface area (Å²) in [5.74, 6) is 0.256. The van der Waals surface area contributed by atoms with Gasteiger partial charge >= 0.3 is 0 Å². The van der Waals surface area contributed by atoms with Crippen molar-refractivity contribution in [2.24, 2.45) is 0 Å². The molecule has 1 amide bonds. The summed E-state index contributed by atoms with van der Waals surface area (Å²) in [5, 5.41) is 8.03. The Labute approximate surface area is 217 Å². The van der Waals surface area contributed by atoms with E-state index in [1.165, 1.54) is 0 Å². The van der Waals surface area contributed by atoms with E-state index in [2.05, 4.69) is 20.4 Å². The molecule has 5 aromatic rings. The second kappa shape index (κ2) is 10.4. The van der Waals surface area contributed by atoms with Gasteiger partial charge in [-0.15, -0.1) is 0 Å². The van der Waals surface area contributed by atoms with E-state index in [1.807, 2.05) is 62.4 Å². The number of amides is 1. The Morgan fingerprint density at radius 3 is 2.65 bits per heavy atom. The highest BCUT2D eigenvalue weighted by Crippen LogP contribution is 2.23. The van der Waals surface area contributed by atoms with Crippen LogP contribution in [-0.4, -0.2) is 32.1 Å². The van der Waals surface area contributed by atoms with Crippen LogP contribution in [0, 0.1) is 13.8 Å². The van der Waals surface area contributed by atoms with Crippen LogP contribution in [0.4, 0.5) is 0 Å². The topological polar surface area (TPSA) is 103 Å². The minimum Gasteiger partial charge on any atom is -0.354 e. The van der Waals surface area contributed by atoms with E-state index in [4.69, 9.17) is 16.1 Å². The first-order chi connectivity index (χ1) is 17.9. The smallest absolute Gasteiger partial charge is 0.263 e. The number of halogens is 1. The van der Waals surface area contributed by atoms with Gasteiger partial charge in [-0.05, 0) is 56.2 Å². The fraction of sp³-hybridized carbons (Fsp3) is 0.179. The van der Waals surface area contributed by atoms with Gasteiger partial charge in [-0.25, -0.2) is 4.98 Å². The van der Waals surface area contributed by atoms with Crippen molar-refractivity contribution in [2.75, 3.05) is 6.54 Å². The first-order valence-electron chi connectivity index (χ1n) is 11.8. The van der Waals surface area contributed by atoms with Crippen LogP contribution in [0.2, 0.25) is 5.02 Å². The Morgan fingerprint density at radius 1 is 1.05 bits per heavy atom. The first kappa shape index (κ1) is 24.4. The minimum absolute atomic E-state index is 0.0281. The maximum Gasteiger partial charge on any atom is 0.263 e. The van der Waals surface area contributed by atoms with E-state index in [9.17, 15) is 9.59 Å². The normalized spacial score (nSPS) is 11.1. The molecule has 8 nitrogen and oxygen atoms in total. The Balaban J connectivity index is 1.43. The molecule has 5 rings (SSSR count). The van der Waals surface area contributed by atoms with Gasteiger partial charge in [0.1, 0.15) is 17.8 Å². The van der Waals surface area contributed by atoms with E-state index >= 15 is 0 Å². The van der Waals surface area contributed by atoms with Crippen LogP contribution < -0.4 is 10.7 Å². The highest BCUT2D eigenvalue weighted by atomic mass is 35.5. The van der Waals surface area contributed by atoms with Gasteiger partial charge in [0.25, 0.3) is 5.89 Å². The summed E-state index contributed by atoms with van der Waals surface area (Å²) in [7, 11) is 0. The average Bonchev–Trinajstić information content (AvgIpc) is 3.37. The maximum absolute atomic E-state index is 13.3. The number of nitrogens with zero attached hydrogens (tertiary/aromatic N) is 4. The number of pyridine rings is 2.